The third-order valence-electron chi connectivity index (χ3n) is 3.48. The van der Waals surface area contributed by atoms with Crippen molar-refractivity contribution >= 4 is 11.9 Å². The number of alkyl halides is 6. The molecule has 0 fully saturated rings. The zero-order chi connectivity index (χ0) is 21.7. The van der Waals surface area contributed by atoms with Crippen LogP contribution in [0.25, 0.3) is 6.08 Å². The standard InChI is InChI=1S/C20H16F6O3/c1-13-3-2-4-14(9-13)5-7-17(27)16-10-15(28-11-19(21,22)23)6-8-18(16)29-12-20(24,25)26/h2-10H,11-12H2,1H3/b7-5+. The van der Waals surface area contributed by atoms with E-state index in [4.69, 9.17) is 0 Å². The maximum absolute atomic E-state index is 12.5. The van der Waals surface area contributed by atoms with E-state index in [1.807, 2.05) is 13.0 Å². The Morgan fingerprint density at radius 2 is 1.59 bits per heavy atom. The van der Waals surface area contributed by atoms with Crippen LogP contribution < -0.4 is 9.47 Å². The topological polar surface area (TPSA) is 35.5 Å². The summed E-state index contributed by atoms with van der Waals surface area (Å²) < 4.78 is 83.5. The van der Waals surface area contributed by atoms with Gasteiger partial charge < -0.3 is 9.47 Å². The molecule has 0 N–H and O–H groups in total. The summed E-state index contributed by atoms with van der Waals surface area (Å²) in [5, 5.41) is 0. The van der Waals surface area contributed by atoms with E-state index in [1.165, 1.54) is 6.08 Å². The van der Waals surface area contributed by atoms with Crippen LogP contribution in [0.4, 0.5) is 26.3 Å². The molecule has 0 unspecified atom stereocenters. The minimum atomic E-state index is -4.65. The van der Waals surface area contributed by atoms with E-state index in [2.05, 4.69) is 9.47 Å². The van der Waals surface area contributed by atoms with E-state index in [9.17, 15) is 31.1 Å². The van der Waals surface area contributed by atoms with Gasteiger partial charge in [-0.05, 0) is 36.8 Å². The summed E-state index contributed by atoms with van der Waals surface area (Å²) in [6.07, 6.45) is -6.73. The number of allylic oxidation sites excluding steroid dienone is 1. The van der Waals surface area contributed by atoms with Gasteiger partial charge in [-0.2, -0.15) is 26.3 Å². The van der Waals surface area contributed by atoms with E-state index >= 15 is 0 Å². The number of aryl methyl sites for hydroxylation is 1. The highest BCUT2D eigenvalue weighted by atomic mass is 19.4. The van der Waals surface area contributed by atoms with Crippen LogP contribution >= 0.6 is 0 Å². The summed E-state index contributed by atoms with van der Waals surface area (Å²) >= 11 is 0. The number of hydrogen-bond donors (Lipinski definition) is 0. The van der Waals surface area contributed by atoms with Crippen LogP contribution in [-0.4, -0.2) is 31.3 Å². The molecular weight excluding hydrogens is 402 g/mol. The molecule has 0 amide bonds. The smallest absolute Gasteiger partial charge is 0.422 e. The fourth-order valence-corrected chi connectivity index (χ4v) is 2.28. The lowest BCUT2D eigenvalue weighted by Crippen LogP contribution is -2.21. The molecule has 0 aliphatic carbocycles. The quantitative estimate of drug-likeness (QED) is 0.325. The van der Waals surface area contributed by atoms with Crippen molar-refractivity contribution in [1.82, 2.24) is 0 Å². The Labute approximate surface area is 162 Å². The number of carbonyl (C=O) groups excluding carboxylic acids is 1. The van der Waals surface area contributed by atoms with Gasteiger partial charge in [0, 0.05) is 0 Å². The Hall–Kier alpha value is -2.97. The fourth-order valence-electron chi connectivity index (χ4n) is 2.28. The summed E-state index contributed by atoms with van der Waals surface area (Å²) in [7, 11) is 0. The molecule has 0 atom stereocenters. The fraction of sp³-hybridized carbons (Fsp3) is 0.250. The first-order chi connectivity index (χ1) is 13.4. The highest BCUT2D eigenvalue weighted by molar-refractivity contribution is 6.08. The van der Waals surface area contributed by atoms with Crippen LogP contribution in [0, 0.1) is 6.92 Å². The SMILES string of the molecule is Cc1cccc(/C=C/C(=O)c2cc(OCC(F)(F)F)ccc2OCC(F)(F)F)c1. The number of halogens is 6. The van der Waals surface area contributed by atoms with Crippen molar-refractivity contribution in [2.45, 2.75) is 19.3 Å². The van der Waals surface area contributed by atoms with Gasteiger partial charge >= 0.3 is 12.4 Å². The van der Waals surface area contributed by atoms with Gasteiger partial charge in [-0.3, -0.25) is 4.79 Å². The second kappa shape index (κ2) is 9.02. The summed E-state index contributed by atoms with van der Waals surface area (Å²) in [5.41, 5.74) is 1.25. The second-order valence-corrected chi connectivity index (χ2v) is 6.08. The number of benzene rings is 2. The van der Waals surface area contributed by atoms with Crippen molar-refractivity contribution in [2.75, 3.05) is 13.2 Å². The maximum Gasteiger partial charge on any atom is 0.422 e. The van der Waals surface area contributed by atoms with Crippen LogP contribution in [0.1, 0.15) is 21.5 Å². The first-order valence-corrected chi connectivity index (χ1v) is 8.25. The normalized spacial score (nSPS) is 12.2. The molecule has 2 aromatic carbocycles. The highest BCUT2D eigenvalue weighted by Gasteiger charge is 2.30. The van der Waals surface area contributed by atoms with Crippen LogP contribution in [-0.2, 0) is 0 Å². The Morgan fingerprint density at radius 1 is 0.931 bits per heavy atom. The first-order valence-electron chi connectivity index (χ1n) is 8.25. The molecule has 0 radical (unpaired) electrons. The molecule has 0 bridgehead atoms. The van der Waals surface area contributed by atoms with Gasteiger partial charge in [-0.15, -0.1) is 0 Å². The van der Waals surface area contributed by atoms with Crippen molar-refractivity contribution in [3.8, 4) is 11.5 Å². The summed E-state index contributed by atoms with van der Waals surface area (Å²) in [4.78, 5) is 12.5. The number of carbonyl (C=O) groups is 1. The highest BCUT2D eigenvalue weighted by Crippen LogP contribution is 2.28. The lowest BCUT2D eigenvalue weighted by Gasteiger charge is -2.14. The van der Waals surface area contributed by atoms with Gasteiger partial charge in [-0.25, -0.2) is 0 Å². The summed E-state index contributed by atoms with van der Waals surface area (Å²) in [5.74, 6) is -1.49. The summed E-state index contributed by atoms with van der Waals surface area (Å²) in [6, 6.07) is 9.95. The Balaban J connectivity index is 2.28. The number of ketones is 1. The molecule has 0 saturated heterocycles. The molecule has 3 nitrogen and oxygen atoms in total. The maximum atomic E-state index is 12.5. The third-order valence-corrected chi connectivity index (χ3v) is 3.48. The Morgan fingerprint density at radius 3 is 2.21 bits per heavy atom. The molecule has 0 aliphatic rings. The lowest BCUT2D eigenvalue weighted by molar-refractivity contribution is -0.154. The number of rotatable bonds is 7. The van der Waals surface area contributed by atoms with Crippen LogP contribution in [0.5, 0.6) is 11.5 Å². The van der Waals surface area contributed by atoms with Gasteiger partial charge in [0.1, 0.15) is 11.5 Å². The molecule has 0 heterocycles. The van der Waals surface area contributed by atoms with E-state index < -0.39 is 37.1 Å². The molecule has 0 saturated carbocycles. The van der Waals surface area contributed by atoms with E-state index in [-0.39, 0.29) is 11.3 Å². The zero-order valence-electron chi connectivity index (χ0n) is 15.1. The average Bonchev–Trinajstić information content (AvgIpc) is 2.62. The predicted octanol–water partition coefficient (Wildman–Crippen LogP) is 5.77. The molecule has 2 aromatic rings. The first kappa shape index (κ1) is 22.3. The van der Waals surface area contributed by atoms with E-state index in [0.29, 0.717) is 5.56 Å². The van der Waals surface area contributed by atoms with Crippen molar-refractivity contribution in [3.63, 3.8) is 0 Å². The largest absolute Gasteiger partial charge is 0.484 e. The minimum Gasteiger partial charge on any atom is -0.484 e. The van der Waals surface area contributed by atoms with Crippen molar-refractivity contribution in [1.29, 1.82) is 0 Å². The molecule has 9 heteroatoms. The molecule has 2 rings (SSSR count). The van der Waals surface area contributed by atoms with Gasteiger partial charge in [0.2, 0.25) is 0 Å². The van der Waals surface area contributed by atoms with Crippen molar-refractivity contribution in [2.24, 2.45) is 0 Å². The van der Waals surface area contributed by atoms with Crippen LogP contribution in [0.15, 0.2) is 48.5 Å². The van der Waals surface area contributed by atoms with Crippen molar-refractivity contribution in [3.05, 3.63) is 65.2 Å². The second-order valence-electron chi connectivity index (χ2n) is 6.08. The van der Waals surface area contributed by atoms with Gasteiger partial charge in [0.25, 0.3) is 0 Å². The molecule has 0 aromatic heterocycles. The van der Waals surface area contributed by atoms with Crippen molar-refractivity contribution < 1.29 is 40.6 Å². The van der Waals surface area contributed by atoms with Gasteiger partial charge in [-0.1, -0.05) is 35.9 Å². The third kappa shape index (κ3) is 7.89. The van der Waals surface area contributed by atoms with E-state index in [1.54, 1.807) is 18.2 Å². The minimum absolute atomic E-state index is 0.325. The van der Waals surface area contributed by atoms with Gasteiger partial charge in [0.05, 0.1) is 5.56 Å². The molecule has 0 spiro atoms. The molecule has 29 heavy (non-hydrogen) atoms. The molecule has 0 aliphatic heterocycles. The summed E-state index contributed by atoms with van der Waals surface area (Å²) in [6.45, 7) is -1.43. The lowest BCUT2D eigenvalue weighted by atomic mass is 10.1. The van der Waals surface area contributed by atoms with Crippen LogP contribution in [0.3, 0.4) is 0 Å². The monoisotopic (exact) mass is 418 g/mol. The predicted molar refractivity (Wildman–Crippen MR) is 94.1 cm³/mol. The number of hydrogen-bond acceptors (Lipinski definition) is 3. The molecule has 156 valence electrons. The van der Waals surface area contributed by atoms with Crippen LogP contribution in [0.2, 0.25) is 0 Å². The van der Waals surface area contributed by atoms with E-state index in [0.717, 1.165) is 29.8 Å². The Bertz CT molecular complexity index is 885. The van der Waals surface area contributed by atoms with Gasteiger partial charge in [0.15, 0.2) is 19.0 Å². The number of ether oxygens (including phenoxy) is 2. The Kier molecular flexibility index (Phi) is 6.94. The average molecular weight is 418 g/mol. The zero-order valence-corrected chi connectivity index (χ0v) is 15.1. The molecular formula is C20H16F6O3.